The molecule has 0 bridgehead atoms. The first-order valence-electron chi connectivity index (χ1n) is 15.5. The molecule has 0 spiro atoms. The number of hydrogen-bond acceptors (Lipinski definition) is 9. The van der Waals surface area contributed by atoms with Gasteiger partial charge in [-0.1, -0.05) is 55.7 Å². The van der Waals surface area contributed by atoms with Crippen molar-refractivity contribution in [3.05, 3.63) is 106 Å². The zero-order valence-electron chi connectivity index (χ0n) is 27.0. The summed E-state index contributed by atoms with van der Waals surface area (Å²) >= 11 is 0. The molecule has 4 heterocycles. The Balaban J connectivity index is 0.000000271. The molecule has 1 aliphatic heterocycles. The molecule has 13 nitrogen and oxygen atoms in total. The highest BCUT2D eigenvalue weighted by molar-refractivity contribution is 6.02. The number of ether oxygens (including phenoxy) is 1. The molecule has 5 aromatic rings. The molecule has 0 atom stereocenters. The van der Waals surface area contributed by atoms with Crippen LogP contribution in [0.3, 0.4) is 0 Å². The zero-order valence-corrected chi connectivity index (χ0v) is 27.0. The number of nitrogens with two attached hydrogens (primary N) is 2. The highest BCUT2D eigenvalue weighted by atomic mass is 16.5. The summed E-state index contributed by atoms with van der Waals surface area (Å²) in [5.41, 5.74) is 13.6. The Hall–Kier alpha value is -5.84. The summed E-state index contributed by atoms with van der Waals surface area (Å²) in [5, 5.41) is 8.82. The fraction of sp³-hybridized carbons (Fsp3) is 0.257. The van der Waals surface area contributed by atoms with Gasteiger partial charge in [0.05, 0.1) is 48.1 Å². The van der Waals surface area contributed by atoms with Gasteiger partial charge in [-0.05, 0) is 24.3 Å². The third-order valence-electron chi connectivity index (χ3n) is 7.61. The Morgan fingerprint density at radius 1 is 1.10 bits per heavy atom. The molecule has 2 aromatic carbocycles. The number of rotatable bonds is 8. The Bertz CT molecular complexity index is 2060. The summed E-state index contributed by atoms with van der Waals surface area (Å²) in [6.07, 6.45) is 7.29. The van der Waals surface area contributed by atoms with Gasteiger partial charge in [0.25, 0.3) is 11.5 Å². The first-order valence-corrected chi connectivity index (χ1v) is 15.5. The number of para-hydroxylation sites is 1. The first-order chi connectivity index (χ1) is 23.3. The Morgan fingerprint density at radius 2 is 1.88 bits per heavy atom. The molecule has 0 unspecified atom stereocenters. The van der Waals surface area contributed by atoms with Crippen LogP contribution in [0.2, 0.25) is 0 Å². The van der Waals surface area contributed by atoms with E-state index in [2.05, 4.69) is 38.5 Å². The van der Waals surface area contributed by atoms with Gasteiger partial charge in [-0.25, -0.2) is 14.7 Å². The van der Waals surface area contributed by atoms with Gasteiger partial charge in [-0.15, -0.1) is 0 Å². The number of allylic oxidation sites excluding steroid dienone is 1. The molecule has 1 fully saturated rings. The third kappa shape index (κ3) is 7.75. The van der Waals surface area contributed by atoms with Gasteiger partial charge in [0.1, 0.15) is 11.4 Å². The molecule has 0 aliphatic carbocycles. The smallest absolute Gasteiger partial charge is 0.267 e. The van der Waals surface area contributed by atoms with E-state index >= 15 is 0 Å². The van der Waals surface area contributed by atoms with Crippen molar-refractivity contribution in [2.45, 2.75) is 19.9 Å². The second kappa shape index (κ2) is 15.6. The van der Waals surface area contributed by atoms with Crippen molar-refractivity contribution in [3.63, 3.8) is 0 Å². The number of aryl methyl sites for hydroxylation is 2. The lowest BCUT2D eigenvalue weighted by Gasteiger charge is -2.26. The number of fused-ring (bicyclic) bond motifs is 1. The van der Waals surface area contributed by atoms with Crippen LogP contribution in [0.15, 0.2) is 83.4 Å². The summed E-state index contributed by atoms with van der Waals surface area (Å²) in [7, 11) is 1.62. The van der Waals surface area contributed by atoms with Crippen molar-refractivity contribution in [2.24, 2.45) is 17.8 Å². The minimum absolute atomic E-state index is 0.0798. The Labute approximate surface area is 278 Å². The lowest BCUT2D eigenvalue weighted by Crippen LogP contribution is -2.38. The fourth-order valence-electron chi connectivity index (χ4n) is 5.26. The van der Waals surface area contributed by atoms with Crippen molar-refractivity contribution in [1.82, 2.24) is 34.0 Å². The maximum absolute atomic E-state index is 13.6. The van der Waals surface area contributed by atoms with Gasteiger partial charge in [0.2, 0.25) is 0 Å². The van der Waals surface area contributed by atoms with Gasteiger partial charge in [0.15, 0.2) is 11.6 Å². The second-order valence-electron chi connectivity index (χ2n) is 10.8. The van der Waals surface area contributed by atoms with E-state index in [1.54, 1.807) is 17.8 Å². The minimum atomic E-state index is -0.646. The number of morpholine rings is 1. The Morgan fingerprint density at radius 3 is 2.58 bits per heavy atom. The van der Waals surface area contributed by atoms with Crippen LogP contribution >= 0.6 is 0 Å². The van der Waals surface area contributed by atoms with Gasteiger partial charge >= 0.3 is 0 Å². The van der Waals surface area contributed by atoms with E-state index in [-0.39, 0.29) is 16.9 Å². The van der Waals surface area contributed by atoms with Crippen molar-refractivity contribution in [1.29, 1.82) is 0 Å². The number of anilines is 1. The topological polar surface area (TPSA) is 164 Å². The summed E-state index contributed by atoms with van der Waals surface area (Å²) in [5.74, 6) is 6.87. The van der Waals surface area contributed by atoms with E-state index in [0.717, 1.165) is 56.5 Å². The summed E-state index contributed by atoms with van der Waals surface area (Å²) < 4.78 is 10.4. The van der Waals surface area contributed by atoms with Gasteiger partial charge in [0, 0.05) is 51.1 Å². The standard InChI is InChI=1S/C27H27N5O2.C8H11N5O/c1-2-25-29-24-10-6-7-22(26(24)27(33)32(25)23-8-4-3-5-9-23)12-11-21-19-28-31(20-21)14-13-30-15-17-34-18-16-30;1-3-4-11-8-5(7(10)14)6(9)12-13(8)2/h3-10,19-20H,2,13-18H2,1H3;3-4H,1H2,2H3,(H2,9,12)(H2,10,14)/b;11-4-. The molecule has 1 amide bonds. The average molecular weight is 647 g/mol. The van der Waals surface area contributed by atoms with Crippen molar-refractivity contribution < 1.29 is 9.53 Å². The monoisotopic (exact) mass is 646 g/mol. The predicted octanol–water partition coefficient (Wildman–Crippen LogP) is 2.87. The average Bonchev–Trinajstić information content (AvgIpc) is 3.68. The number of aromatic nitrogens is 6. The number of primary amides is 1. The molecule has 0 saturated carbocycles. The quantitative estimate of drug-likeness (QED) is 0.192. The molecular weight excluding hydrogens is 608 g/mol. The normalized spacial score (nSPS) is 13.1. The molecule has 48 heavy (non-hydrogen) atoms. The van der Waals surface area contributed by atoms with Crippen LogP contribution in [0.1, 0.15) is 34.2 Å². The molecule has 4 N–H and O–H groups in total. The number of amides is 1. The van der Waals surface area contributed by atoms with E-state index in [9.17, 15) is 9.59 Å². The van der Waals surface area contributed by atoms with Crippen LogP contribution in [0.25, 0.3) is 16.6 Å². The maximum Gasteiger partial charge on any atom is 0.267 e. The van der Waals surface area contributed by atoms with E-state index in [1.807, 2.05) is 66.3 Å². The van der Waals surface area contributed by atoms with Crippen molar-refractivity contribution in [3.8, 4) is 17.5 Å². The largest absolute Gasteiger partial charge is 0.381 e. The summed E-state index contributed by atoms with van der Waals surface area (Å²) in [6.45, 7) is 10.7. The highest BCUT2D eigenvalue weighted by Gasteiger charge is 2.18. The molecular formula is C35H38N10O3. The number of hydrogen-bond donors (Lipinski definition) is 2. The van der Waals surface area contributed by atoms with Crippen molar-refractivity contribution in [2.75, 3.05) is 38.6 Å². The third-order valence-corrected chi connectivity index (χ3v) is 7.61. The number of aliphatic imine (C=N–C) groups is 1. The van der Waals surface area contributed by atoms with Gasteiger partial charge < -0.3 is 16.2 Å². The number of benzene rings is 2. The first kappa shape index (κ1) is 33.5. The van der Waals surface area contributed by atoms with Crippen LogP contribution in [0.4, 0.5) is 11.6 Å². The SMILES string of the molecule is C=C/C=N\c1c(C(N)=O)c(N)nn1C.CCc1nc2cccc(C#Cc3cnn(CCN4CCOCC4)c3)c2c(=O)n1-c1ccccc1. The number of carbonyl (C=O) groups is 1. The fourth-order valence-corrected chi connectivity index (χ4v) is 5.26. The molecule has 1 saturated heterocycles. The van der Waals surface area contributed by atoms with Crippen LogP contribution in [0.5, 0.6) is 0 Å². The molecule has 0 radical (unpaired) electrons. The van der Waals surface area contributed by atoms with Crippen LogP contribution < -0.4 is 17.0 Å². The minimum Gasteiger partial charge on any atom is -0.381 e. The lowest BCUT2D eigenvalue weighted by atomic mass is 10.1. The van der Waals surface area contributed by atoms with E-state index in [4.69, 9.17) is 21.2 Å². The van der Waals surface area contributed by atoms with Crippen LogP contribution in [-0.4, -0.2) is 79.0 Å². The predicted molar refractivity (Wildman–Crippen MR) is 187 cm³/mol. The van der Waals surface area contributed by atoms with Gasteiger partial charge in [-0.2, -0.15) is 10.2 Å². The summed E-state index contributed by atoms with van der Waals surface area (Å²) in [4.78, 5) is 35.7. The number of nitrogen functional groups attached to an aromatic ring is 1. The number of nitrogens with zero attached hydrogens (tertiary/aromatic N) is 8. The van der Waals surface area contributed by atoms with E-state index in [0.29, 0.717) is 28.7 Å². The molecule has 1 aliphatic rings. The maximum atomic E-state index is 13.6. The zero-order chi connectivity index (χ0) is 34.0. The molecule has 3 aromatic heterocycles. The second-order valence-corrected chi connectivity index (χ2v) is 10.8. The lowest BCUT2D eigenvalue weighted by molar-refractivity contribution is 0.0359. The summed E-state index contributed by atoms with van der Waals surface area (Å²) in [6, 6.07) is 15.3. The van der Waals surface area contributed by atoms with Crippen LogP contribution in [-0.2, 0) is 24.8 Å². The Kier molecular flexibility index (Phi) is 10.9. The van der Waals surface area contributed by atoms with Crippen LogP contribution in [0, 0.1) is 11.8 Å². The van der Waals surface area contributed by atoms with E-state index < -0.39 is 5.91 Å². The van der Waals surface area contributed by atoms with Gasteiger partial charge in [-0.3, -0.25) is 23.7 Å². The molecule has 6 rings (SSSR count). The number of carbonyl (C=O) groups excluding carboxylic acids is 1. The highest BCUT2D eigenvalue weighted by Crippen LogP contribution is 2.23. The van der Waals surface area contributed by atoms with E-state index in [1.165, 1.54) is 17.0 Å². The van der Waals surface area contributed by atoms with Crippen molar-refractivity contribution >= 4 is 34.7 Å². The molecule has 13 heteroatoms. The molecule has 246 valence electrons.